The lowest BCUT2D eigenvalue weighted by Crippen LogP contribution is -2.44. The van der Waals surface area contributed by atoms with Crippen molar-refractivity contribution >= 4 is 21.8 Å². The van der Waals surface area contributed by atoms with Crippen LogP contribution in [0.1, 0.15) is 23.2 Å². The molecule has 0 N–H and O–H groups in total. The lowest BCUT2D eigenvalue weighted by molar-refractivity contribution is 0.0515. The van der Waals surface area contributed by atoms with Gasteiger partial charge in [0.15, 0.2) is 0 Å². The zero-order chi connectivity index (χ0) is 16.9. The Morgan fingerprint density at radius 2 is 2.04 bits per heavy atom. The molecule has 1 amide bonds. The molecule has 3 rings (SSSR count). The molecule has 0 bridgehead atoms. The Kier molecular flexibility index (Phi) is 5.24. The first-order chi connectivity index (χ1) is 11.7. The maximum absolute atomic E-state index is 12.6. The van der Waals surface area contributed by atoms with Crippen molar-refractivity contribution in [2.45, 2.75) is 18.9 Å². The monoisotopic (exact) mass is 392 g/mol. The number of carbonyl (C=O) groups is 1. The van der Waals surface area contributed by atoms with Crippen molar-refractivity contribution in [3.05, 3.63) is 40.8 Å². The number of ether oxygens (including phenoxy) is 2. The number of hydrogen-bond donors (Lipinski definition) is 0. The van der Waals surface area contributed by atoms with Crippen LogP contribution in [0.25, 0.3) is 0 Å². The molecule has 1 fully saturated rings. The molecule has 1 saturated heterocycles. The number of likely N-dealkylation sites (tertiary alicyclic amines) is 1. The van der Waals surface area contributed by atoms with Gasteiger partial charge in [-0.15, -0.1) is 0 Å². The van der Waals surface area contributed by atoms with E-state index in [0.29, 0.717) is 30.5 Å². The summed E-state index contributed by atoms with van der Waals surface area (Å²) in [6, 6.07) is 3.72. The van der Waals surface area contributed by atoms with Gasteiger partial charge in [-0.2, -0.15) is 0 Å². The van der Waals surface area contributed by atoms with E-state index in [1.54, 1.807) is 36.5 Å². The van der Waals surface area contributed by atoms with E-state index in [9.17, 15) is 4.79 Å². The molecule has 2 aromatic heterocycles. The molecular formula is C16H17BrN4O3. The van der Waals surface area contributed by atoms with Gasteiger partial charge in [0.1, 0.15) is 6.10 Å². The molecule has 126 valence electrons. The average molecular weight is 393 g/mol. The van der Waals surface area contributed by atoms with Gasteiger partial charge in [-0.1, -0.05) is 0 Å². The Labute approximate surface area is 148 Å². The zero-order valence-electron chi connectivity index (χ0n) is 13.2. The lowest BCUT2D eigenvalue weighted by atomic mass is 10.1. The topological polar surface area (TPSA) is 77.4 Å². The van der Waals surface area contributed by atoms with E-state index in [1.165, 1.54) is 6.20 Å². The fourth-order valence-corrected chi connectivity index (χ4v) is 2.74. The summed E-state index contributed by atoms with van der Waals surface area (Å²) < 4.78 is 11.6. The number of nitrogens with zero attached hydrogens (tertiary/aromatic N) is 4. The third kappa shape index (κ3) is 4.00. The first-order valence-electron chi connectivity index (χ1n) is 7.59. The Morgan fingerprint density at radius 1 is 1.25 bits per heavy atom. The van der Waals surface area contributed by atoms with Crippen molar-refractivity contribution in [3.8, 4) is 11.9 Å². The highest BCUT2D eigenvalue weighted by atomic mass is 79.9. The van der Waals surface area contributed by atoms with Crippen LogP contribution in [0, 0.1) is 0 Å². The van der Waals surface area contributed by atoms with Gasteiger partial charge in [-0.05, 0) is 34.8 Å². The molecule has 0 spiro atoms. The maximum Gasteiger partial charge on any atom is 0.316 e. The van der Waals surface area contributed by atoms with Gasteiger partial charge >= 0.3 is 6.01 Å². The van der Waals surface area contributed by atoms with Crippen LogP contribution in [-0.4, -0.2) is 52.1 Å². The Bertz CT molecular complexity index is 693. The predicted octanol–water partition coefficient (Wildman–Crippen LogP) is 2.33. The number of amides is 1. The quantitative estimate of drug-likeness (QED) is 0.794. The largest absolute Gasteiger partial charge is 0.481 e. The second kappa shape index (κ2) is 7.57. The molecule has 8 heteroatoms. The second-order valence-electron chi connectivity index (χ2n) is 5.41. The SMILES string of the molecule is COc1ccc(C(=O)N2CCCC(Oc3ncc(Br)cn3)C2)cn1. The van der Waals surface area contributed by atoms with E-state index in [2.05, 4.69) is 30.9 Å². The molecule has 0 aromatic carbocycles. The third-order valence-corrected chi connectivity index (χ3v) is 4.14. The van der Waals surface area contributed by atoms with Crippen molar-refractivity contribution < 1.29 is 14.3 Å². The maximum atomic E-state index is 12.6. The standard InChI is InChI=1S/C16H17BrN4O3/c1-23-14-5-4-11(7-18-14)15(22)21-6-2-3-13(10-21)24-16-19-8-12(17)9-20-16/h4-5,7-9,13H,2-3,6,10H2,1H3. The molecule has 7 nitrogen and oxygen atoms in total. The smallest absolute Gasteiger partial charge is 0.316 e. The minimum atomic E-state index is -0.116. The van der Waals surface area contributed by atoms with Crippen molar-refractivity contribution in [2.24, 2.45) is 0 Å². The molecule has 3 heterocycles. The van der Waals surface area contributed by atoms with Crippen LogP contribution < -0.4 is 9.47 Å². The normalized spacial score (nSPS) is 17.4. The van der Waals surface area contributed by atoms with E-state index in [4.69, 9.17) is 9.47 Å². The van der Waals surface area contributed by atoms with E-state index in [-0.39, 0.29) is 12.0 Å². The second-order valence-corrected chi connectivity index (χ2v) is 6.32. The minimum Gasteiger partial charge on any atom is -0.481 e. The van der Waals surface area contributed by atoms with Crippen molar-refractivity contribution in [1.29, 1.82) is 0 Å². The summed E-state index contributed by atoms with van der Waals surface area (Å²) >= 11 is 3.29. The van der Waals surface area contributed by atoms with Crippen molar-refractivity contribution in [2.75, 3.05) is 20.2 Å². The number of halogens is 1. The predicted molar refractivity (Wildman–Crippen MR) is 90.1 cm³/mol. The summed E-state index contributed by atoms with van der Waals surface area (Å²) in [6.45, 7) is 1.20. The van der Waals surface area contributed by atoms with E-state index >= 15 is 0 Å². The molecule has 1 atom stereocenters. The zero-order valence-corrected chi connectivity index (χ0v) is 14.8. The lowest BCUT2D eigenvalue weighted by Gasteiger charge is -2.32. The van der Waals surface area contributed by atoms with Crippen LogP contribution >= 0.6 is 15.9 Å². The molecule has 0 saturated carbocycles. The highest BCUT2D eigenvalue weighted by Gasteiger charge is 2.26. The molecule has 1 unspecified atom stereocenters. The Morgan fingerprint density at radius 3 is 2.71 bits per heavy atom. The van der Waals surface area contributed by atoms with Crippen LogP contribution in [0.15, 0.2) is 35.2 Å². The number of carbonyl (C=O) groups excluding carboxylic acids is 1. The van der Waals surface area contributed by atoms with E-state index < -0.39 is 0 Å². The van der Waals surface area contributed by atoms with Crippen LogP contribution in [0.2, 0.25) is 0 Å². The number of aromatic nitrogens is 3. The summed E-state index contributed by atoms with van der Waals surface area (Å²) in [5.41, 5.74) is 0.538. The van der Waals surface area contributed by atoms with Gasteiger partial charge < -0.3 is 14.4 Å². The Balaban J connectivity index is 1.63. The molecule has 0 aliphatic carbocycles. The molecule has 0 radical (unpaired) electrons. The van der Waals surface area contributed by atoms with Gasteiger partial charge in [-0.3, -0.25) is 4.79 Å². The number of rotatable bonds is 4. The third-order valence-electron chi connectivity index (χ3n) is 3.73. The summed E-state index contributed by atoms with van der Waals surface area (Å²) in [4.78, 5) is 26.7. The van der Waals surface area contributed by atoms with Gasteiger partial charge in [0.2, 0.25) is 5.88 Å². The molecule has 1 aliphatic heterocycles. The average Bonchev–Trinajstić information content (AvgIpc) is 2.63. The fraction of sp³-hybridized carbons (Fsp3) is 0.375. The first kappa shape index (κ1) is 16.6. The van der Waals surface area contributed by atoms with Crippen LogP contribution in [0.3, 0.4) is 0 Å². The molecular weight excluding hydrogens is 376 g/mol. The van der Waals surface area contributed by atoms with Gasteiger partial charge in [-0.25, -0.2) is 15.0 Å². The van der Waals surface area contributed by atoms with Crippen LogP contribution in [0.4, 0.5) is 0 Å². The number of hydrogen-bond acceptors (Lipinski definition) is 6. The number of methoxy groups -OCH3 is 1. The summed E-state index contributed by atoms with van der Waals surface area (Å²) in [5.74, 6) is 0.425. The van der Waals surface area contributed by atoms with Crippen LogP contribution in [0.5, 0.6) is 11.9 Å². The summed E-state index contributed by atoms with van der Waals surface area (Å²) in [5, 5.41) is 0. The van der Waals surface area contributed by atoms with E-state index in [1.807, 2.05) is 0 Å². The highest BCUT2D eigenvalue weighted by Crippen LogP contribution is 2.18. The van der Waals surface area contributed by atoms with Gasteiger partial charge in [0, 0.05) is 31.2 Å². The Hall–Kier alpha value is -2.22. The highest BCUT2D eigenvalue weighted by molar-refractivity contribution is 9.10. The van der Waals surface area contributed by atoms with E-state index in [0.717, 1.165) is 17.3 Å². The van der Waals surface area contributed by atoms with Crippen molar-refractivity contribution in [1.82, 2.24) is 19.9 Å². The number of pyridine rings is 1. The molecule has 24 heavy (non-hydrogen) atoms. The first-order valence-corrected chi connectivity index (χ1v) is 8.38. The number of piperidine rings is 1. The minimum absolute atomic E-state index is 0.0600. The fourth-order valence-electron chi connectivity index (χ4n) is 2.54. The van der Waals surface area contributed by atoms with Crippen LogP contribution in [-0.2, 0) is 0 Å². The molecule has 1 aliphatic rings. The summed E-state index contributed by atoms with van der Waals surface area (Å²) in [6.07, 6.45) is 6.42. The van der Waals surface area contributed by atoms with Gasteiger partial charge in [0.25, 0.3) is 5.91 Å². The van der Waals surface area contributed by atoms with Crippen molar-refractivity contribution in [3.63, 3.8) is 0 Å². The molecule has 2 aromatic rings. The summed E-state index contributed by atoms with van der Waals surface area (Å²) in [7, 11) is 1.54. The van der Waals surface area contributed by atoms with Gasteiger partial charge in [0.05, 0.1) is 23.7 Å².